The molecule has 0 aliphatic heterocycles. The lowest BCUT2D eigenvalue weighted by molar-refractivity contribution is 0.102. The minimum atomic E-state index is 0.0813. The van der Waals surface area contributed by atoms with Gasteiger partial charge in [-0.15, -0.1) is 10.2 Å². The Morgan fingerprint density at radius 2 is 1.39 bits per heavy atom. The van der Waals surface area contributed by atoms with Crippen LogP contribution in [0, 0.1) is 0 Å². The highest BCUT2D eigenvalue weighted by molar-refractivity contribution is 7.99. The summed E-state index contributed by atoms with van der Waals surface area (Å²) in [7, 11) is 0. The number of thioether (sulfide) groups is 1. The number of carbonyl (C=O) groups is 1. The molecular weight excluding hydrogens is 366 g/mol. The molecule has 0 bridgehead atoms. The van der Waals surface area contributed by atoms with Crippen LogP contribution in [0.1, 0.15) is 21.7 Å². The third-order valence-electron chi connectivity index (χ3n) is 4.35. The molecule has 4 nitrogen and oxygen atoms in total. The lowest BCUT2D eigenvalue weighted by Crippen LogP contribution is -2.06. The van der Waals surface area contributed by atoms with E-state index in [0.29, 0.717) is 17.7 Å². The molecule has 0 unspecified atom stereocenters. The van der Waals surface area contributed by atoms with Gasteiger partial charge in [-0.2, -0.15) is 0 Å². The highest BCUT2D eigenvalue weighted by Crippen LogP contribution is 2.24. The summed E-state index contributed by atoms with van der Waals surface area (Å²) in [6.07, 6.45) is 0.677. The van der Waals surface area contributed by atoms with Crippen molar-refractivity contribution in [2.75, 3.05) is 5.75 Å². The first-order valence-corrected chi connectivity index (χ1v) is 10.0. The smallest absolute Gasteiger partial charge is 0.196 e. The summed E-state index contributed by atoms with van der Waals surface area (Å²) in [5.74, 6) is 1.25. The second kappa shape index (κ2) is 8.67. The standard InChI is InChI=1S/C23H19N3OS/c27-21(19-12-6-2-7-13-19)17-28-23-25-24-22(16-18-10-4-1-5-11-18)26(23)20-14-8-3-9-15-20/h1-15H,16-17H2. The lowest BCUT2D eigenvalue weighted by atomic mass is 10.1. The van der Waals surface area contributed by atoms with Crippen molar-refractivity contribution in [1.82, 2.24) is 14.8 Å². The molecule has 0 aliphatic rings. The Balaban J connectivity index is 1.61. The van der Waals surface area contributed by atoms with Gasteiger partial charge in [-0.3, -0.25) is 9.36 Å². The number of para-hydroxylation sites is 1. The second-order valence-electron chi connectivity index (χ2n) is 6.31. The normalized spacial score (nSPS) is 10.7. The predicted octanol–water partition coefficient (Wildman–Crippen LogP) is 4.83. The van der Waals surface area contributed by atoms with Gasteiger partial charge < -0.3 is 0 Å². The van der Waals surface area contributed by atoms with Gasteiger partial charge in [-0.05, 0) is 17.7 Å². The molecule has 0 radical (unpaired) electrons. The monoisotopic (exact) mass is 385 g/mol. The fraction of sp³-hybridized carbons (Fsp3) is 0.0870. The largest absolute Gasteiger partial charge is 0.293 e. The highest BCUT2D eigenvalue weighted by Gasteiger charge is 2.16. The summed E-state index contributed by atoms with van der Waals surface area (Å²) in [4.78, 5) is 12.5. The summed E-state index contributed by atoms with van der Waals surface area (Å²) in [6.45, 7) is 0. The quantitative estimate of drug-likeness (QED) is 0.338. The molecular formula is C23H19N3OS. The van der Waals surface area contributed by atoms with Crippen LogP contribution >= 0.6 is 11.8 Å². The second-order valence-corrected chi connectivity index (χ2v) is 7.25. The number of ketones is 1. The summed E-state index contributed by atoms with van der Waals surface area (Å²) in [5.41, 5.74) is 2.88. The van der Waals surface area contributed by atoms with Crippen molar-refractivity contribution in [3.8, 4) is 5.69 Å². The molecule has 3 aromatic carbocycles. The Hall–Kier alpha value is -3.18. The lowest BCUT2D eigenvalue weighted by Gasteiger charge is -2.10. The fourth-order valence-corrected chi connectivity index (χ4v) is 3.83. The Kier molecular flexibility index (Phi) is 5.64. The molecule has 0 N–H and O–H groups in total. The molecule has 1 heterocycles. The van der Waals surface area contributed by atoms with E-state index in [1.54, 1.807) is 0 Å². The highest BCUT2D eigenvalue weighted by atomic mass is 32.2. The molecule has 0 spiro atoms. The van der Waals surface area contributed by atoms with Crippen LogP contribution in [0.2, 0.25) is 0 Å². The van der Waals surface area contributed by atoms with E-state index in [4.69, 9.17) is 0 Å². The first-order chi connectivity index (χ1) is 13.8. The van der Waals surface area contributed by atoms with Crippen LogP contribution in [0.15, 0.2) is 96.2 Å². The fourth-order valence-electron chi connectivity index (χ4n) is 2.96. The topological polar surface area (TPSA) is 47.8 Å². The minimum Gasteiger partial charge on any atom is -0.293 e. The van der Waals surface area contributed by atoms with E-state index in [1.165, 1.54) is 17.3 Å². The maximum atomic E-state index is 12.5. The average molecular weight is 385 g/mol. The SMILES string of the molecule is O=C(CSc1nnc(Cc2ccccc2)n1-c1ccccc1)c1ccccc1. The van der Waals surface area contributed by atoms with Crippen molar-refractivity contribution in [1.29, 1.82) is 0 Å². The molecule has 5 heteroatoms. The number of rotatable bonds is 7. The predicted molar refractivity (Wildman–Crippen MR) is 112 cm³/mol. The first kappa shape index (κ1) is 18.2. The number of Topliss-reactive ketones (excluding diaryl/α,β-unsaturated/α-hetero) is 1. The molecule has 0 aliphatic carbocycles. The molecule has 4 aromatic rings. The van der Waals surface area contributed by atoms with Crippen LogP contribution in [0.25, 0.3) is 5.69 Å². The van der Waals surface area contributed by atoms with Crippen molar-refractivity contribution >= 4 is 17.5 Å². The van der Waals surface area contributed by atoms with E-state index in [0.717, 1.165) is 16.7 Å². The number of benzene rings is 3. The van der Waals surface area contributed by atoms with Gasteiger partial charge in [0, 0.05) is 17.7 Å². The van der Waals surface area contributed by atoms with Crippen molar-refractivity contribution in [3.05, 3.63) is 108 Å². The maximum absolute atomic E-state index is 12.5. The van der Waals surface area contributed by atoms with Gasteiger partial charge in [0.05, 0.1) is 5.75 Å². The summed E-state index contributed by atoms with van der Waals surface area (Å²) < 4.78 is 2.04. The van der Waals surface area contributed by atoms with Crippen molar-refractivity contribution in [3.63, 3.8) is 0 Å². The molecule has 0 saturated carbocycles. The molecule has 0 fully saturated rings. The molecule has 28 heavy (non-hydrogen) atoms. The summed E-state index contributed by atoms with van der Waals surface area (Å²) >= 11 is 1.42. The van der Waals surface area contributed by atoms with E-state index in [9.17, 15) is 4.79 Å². The third-order valence-corrected chi connectivity index (χ3v) is 5.28. The molecule has 0 saturated heterocycles. The first-order valence-electron chi connectivity index (χ1n) is 9.06. The van der Waals surface area contributed by atoms with E-state index < -0.39 is 0 Å². The average Bonchev–Trinajstić information content (AvgIpc) is 3.16. The van der Waals surface area contributed by atoms with Crippen molar-refractivity contribution in [2.45, 2.75) is 11.6 Å². The van der Waals surface area contributed by atoms with Crippen LogP contribution in [0.5, 0.6) is 0 Å². The molecule has 1 aromatic heterocycles. The van der Waals surface area contributed by atoms with Crippen LogP contribution in [0.4, 0.5) is 0 Å². The van der Waals surface area contributed by atoms with Gasteiger partial charge in [0.2, 0.25) is 0 Å². The van der Waals surface area contributed by atoms with Gasteiger partial charge in [0.15, 0.2) is 10.9 Å². The van der Waals surface area contributed by atoms with Gasteiger partial charge >= 0.3 is 0 Å². The zero-order valence-electron chi connectivity index (χ0n) is 15.2. The van der Waals surface area contributed by atoms with Crippen LogP contribution in [-0.4, -0.2) is 26.3 Å². The van der Waals surface area contributed by atoms with E-state index in [-0.39, 0.29) is 5.78 Å². The molecule has 4 rings (SSSR count). The van der Waals surface area contributed by atoms with Crippen LogP contribution in [0.3, 0.4) is 0 Å². The number of hydrogen-bond acceptors (Lipinski definition) is 4. The number of nitrogens with zero attached hydrogens (tertiary/aromatic N) is 3. The van der Waals surface area contributed by atoms with Crippen molar-refractivity contribution < 1.29 is 4.79 Å². The number of hydrogen-bond donors (Lipinski definition) is 0. The van der Waals surface area contributed by atoms with E-state index >= 15 is 0 Å². The number of aromatic nitrogens is 3. The zero-order valence-corrected chi connectivity index (χ0v) is 16.0. The maximum Gasteiger partial charge on any atom is 0.196 e. The molecule has 0 amide bonds. The van der Waals surface area contributed by atoms with Gasteiger partial charge in [0.25, 0.3) is 0 Å². The molecule has 0 atom stereocenters. The van der Waals surface area contributed by atoms with Gasteiger partial charge in [-0.25, -0.2) is 0 Å². The summed E-state index contributed by atoms with van der Waals surface area (Å²) in [6, 6.07) is 29.6. The Labute approximate surface area is 168 Å². The molecule has 138 valence electrons. The third kappa shape index (κ3) is 4.21. The number of carbonyl (C=O) groups excluding carboxylic acids is 1. The zero-order chi connectivity index (χ0) is 19.2. The van der Waals surface area contributed by atoms with Gasteiger partial charge in [0.1, 0.15) is 5.82 Å². The minimum absolute atomic E-state index is 0.0813. The Morgan fingerprint density at radius 1 is 0.786 bits per heavy atom. The Morgan fingerprint density at radius 3 is 2.07 bits per heavy atom. The van der Waals surface area contributed by atoms with Gasteiger partial charge in [-0.1, -0.05) is 90.6 Å². The Bertz CT molecular complexity index is 1050. The van der Waals surface area contributed by atoms with E-state index in [2.05, 4.69) is 22.3 Å². The van der Waals surface area contributed by atoms with Crippen LogP contribution in [-0.2, 0) is 6.42 Å². The van der Waals surface area contributed by atoms with E-state index in [1.807, 2.05) is 83.4 Å². The van der Waals surface area contributed by atoms with Crippen molar-refractivity contribution in [2.24, 2.45) is 0 Å². The van der Waals surface area contributed by atoms with Crippen LogP contribution < -0.4 is 0 Å². The summed E-state index contributed by atoms with van der Waals surface area (Å²) in [5, 5.41) is 9.52.